The van der Waals surface area contributed by atoms with Crippen molar-refractivity contribution in [1.82, 2.24) is 13.9 Å². The van der Waals surface area contributed by atoms with Crippen LogP contribution in [0.5, 0.6) is 11.5 Å². The third-order valence-corrected chi connectivity index (χ3v) is 9.62. The number of phenolic OH excluding ortho intramolecular Hbond substituents is 1. The lowest BCUT2D eigenvalue weighted by Gasteiger charge is -2.47. The Bertz CT molecular complexity index is 2050. The Hall–Kier alpha value is -4.90. The van der Waals surface area contributed by atoms with Gasteiger partial charge in [-0.05, 0) is 73.9 Å². The molecule has 1 saturated heterocycles. The van der Waals surface area contributed by atoms with Crippen LogP contribution in [0.15, 0.2) is 88.0 Å². The van der Waals surface area contributed by atoms with Crippen LogP contribution in [0, 0.1) is 17.2 Å². The van der Waals surface area contributed by atoms with Gasteiger partial charge in [0, 0.05) is 5.92 Å². The first-order valence-corrected chi connectivity index (χ1v) is 14.9. The summed E-state index contributed by atoms with van der Waals surface area (Å²) >= 11 is 6.06. The molecular formula is C33H28ClFN4O6. The van der Waals surface area contributed by atoms with Gasteiger partial charge in [0.05, 0.1) is 46.9 Å². The molecule has 7 rings (SSSR count). The summed E-state index contributed by atoms with van der Waals surface area (Å²) in [5.41, 5.74) is -0.621. The maximum atomic E-state index is 14.5. The largest absolute Gasteiger partial charge is 0.504 e. The highest BCUT2D eigenvalue weighted by Crippen LogP contribution is 2.61. The first-order chi connectivity index (χ1) is 21.6. The molecule has 2 fully saturated rings. The lowest BCUT2D eigenvalue weighted by atomic mass is 9.56. The third kappa shape index (κ3) is 4.06. The van der Waals surface area contributed by atoms with Crippen LogP contribution in [0.1, 0.15) is 37.8 Å². The predicted octanol–water partition coefficient (Wildman–Crippen LogP) is 4.56. The van der Waals surface area contributed by atoms with Gasteiger partial charge in [-0.3, -0.25) is 9.59 Å². The topological polar surface area (TPSA) is 116 Å². The van der Waals surface area contributed by atoms with Gasteiger partial charge in [0.2, 0.25) is 11.8 Å². The predicted molar refractivity (Wildman–Crippen MR) is 164 cm³/mol. The van der Waals surface area contributed by atoms with Gasteiger partial charge in [0.15, 0.2) is 11.5 Å². The molecule has 1 N–H and O–H groups in total. The van der Waals surface area contributed by atoms with Gasteiger partial charge in [-0.25, -0.2) is 32.8 Å². The van der Waals surface area contributed by atoms with Crippen LogP contribution in [0.4, 0.5) is 10.1 Å². The van der Waals surface area contributed by atoms with E-state index in [4.69, 9.17) is 16.3 Å². The maximum absolute atomic E-state index is 14.5. The summed E-state index contributed by atoms with van der Waals surface area (Å²) in [5, 5.41) is 10.3. The van der Waals surface area contributed by atoms with Crippen molar-refractivity contribution in [3.8, 4) is 17.2 Å². The molecule has 1 saturated carbocycles. The van der Waals surface area contributed by atoms with Gasteiger partial charge in [-0.2, -0.15) is 0 Å². The molecule has 3 aliphatic rings. The Morgan fingerprint density at radius 3 is 2.47 bits per heavy atom. The fourth-order valence-electron chi connectivity index (χ4n) is 7.31. The van der Waals surface area contributed by atoms with Crippen molar-refractivity contribution in [3.63, 3.8) is 0 Å². The van der Waals surface area contributed by atoms with Crippen molar-refractivity contribution in [2.24, 2.45) is 11.3 Å². The van der Waals surface area contributed by atoms with Crippen molar-refractivity contribution in [1.29, 1.82) is 0 Å². The Kier molecular flexibility index (Phi) is 6.63. The van der Waals surface area contributed by atoms with Crippen molar-refractivity contribution in [3.05, 3.63) is 116 Å². The average Bonchev–Trinajstić information content (AvgIpc) is 3.40. The number of carbonyl (C=O) groups is 2. The monoisotopic (exact) mass is 630 g/mol. The van der Waals surface area contributed by atoms with Gasteiger partial charge >= 0.3 is 11.4 Å². The van der Waals surface area contributed by atoms with Gasteiger partial charge in [0.25, 0.3) is 0 Å². The number of rotatable bonds is 5. The molecule has 2 aliphatic heterocycles. The van der Waals surface area contributed by atoms with Crippen LogP contribution < -0.4 is 21.0 Å². The highest BCUT2D eigenvalue weighted by molar-refractivity contribution is 6.31. The Balaban J connectivity index is 1.44. The van der Waals surface area contributed by atoms with E-state index in [0.29, 0.717) is 16.8 Å². The standard InChI is InChI=1S/C33H28ClFN4O6/c1-3-45-27-15-18(9-12-26(27)40)28-21-13-14-36-31(43)38(19-7-5-4-6-8-19)32(44)39(36)25(21)17-22-29(41)37(30(42)33(22,28)2)20-10-11-24(35)23(34)16-20/h4-13,15-16,22,25,28,40H,3,14,17H2,1-2H3. The number of anilines is 1. The molecule has 10 nitrogen and oxygen atoms in total. The number of nitrogens with zero attached hydrogens (tertiary/aromatic N) is 4. The van der Waals surface area contributed by atoms with Gasteiger partial charge in [-0.1, -0.05) is 41.9 Å². The number of aromatic hydroxyl groups is 1. The van der Waals surface area contributed by atoms with Crippen molar-refractivity contribution in [2.75, 3.05) is 11.5 Å². The zero-order valence-corrected chi connectivity index (χ0v) is 25.1. The van der Waals surface area contributed by atoms with Crippen molar-refractivity contribution < 1.29 is 23.8 Å². The molecule has 4 atom stereocenters. The second-order valence-electron chi connectivity index (χ2n) is 11.6. The van der Waals surface area contributed by atoms with Crippen LogP contribution >= 0.6 is 11.6 Å². The summed E-state index contributed by atoms with van der Waals surface area (Å²) in [6.45, 7) is 3.83. The number of phenols is 1. The molecule has 4 aromatic rings. The molecule has 0 spiro atoms. The molecule has 45 heavy (non-hydrogen) atoms. The summed E-state index contributed by atoms with van der Waals surface area (Å²) in [4.78, 5) is 57.4. The summed E-state index contributed by atoms with van der Waals surface area (Å²) in [6.07, 6.45) is 1.90. The number of hydrogen-bond donors (Lipinski definition) is 1. The quantitative estimate of drug-likeness (QED) is 0.255. The number of ether oxygens (including phenoxy) is 1. The minimum atomic E-state index is -1.35. The van der Waals surface area contributed by atoms with E-state index in [1.54, 1.807) is 56.3 Å². The molecular weight excluding hydrogens is 603 g/mol. The number of para-hydroxylation sites is 1. The van der Waals surface area contributed by atoms with Crippen molar-refractivity contribution in [2.45, 2.75) is 38.8 Å². The summed E-state index contributed by atoms with van der Waals surface area (Å²) in [6, 6.07) is 16.3. The minimum Gasteiger partial charge on any atom is -0.504 e. The van der Waals surface area contributed by atoms with E-state index >= 15 is 0 Å². The fourth-order valence-corrected chi connectivity index (χ4v) is 7.48. The van der Waals surface area contributed by atoms with Crippen LogP contribution in [0.2, 0.25) is 5.02 Å². The SMILES string of the molecule is CCOc1cc(C2C3=CCn4c(=O)n(-c5ccccc5)c(=O)n4C3CC3C(=O)N(c4ccc(F)c(Cl)c4)C(=O)C32C)ccc1O. The van der Waals surface area contributed by atoms with Crippen LogP contribution in [0.25, 0.3) is 5.69 Å². The first kappa shape index (κ1) is 28.8. The number of imide groups is 1. The lowest BCUT2D eigenvalue weighted by molar-refractivity contribution is -0.129. The average molecular weight is 631 g/mol. The van der Waals surface area contributed by atoms with Crippen LogP contribution in [-0.2, 0) is 16.1 Å². The van der Waals surface area contributed by atoms with E-state index in [0.717, 1.165) is 15.5 Å². The molecule has 12 heteroatoms. The number of allylic oxidation sites excluding steroid dienone is 2. The number of carbonyl (C=O) groups excluding carboxylic acids is 2. The van der Waals surface area contributed by atoms with E-state index in [-0.39, 0.29) is 41.8 Å². The van der Waals surface area contributed by atoms with Gasteiger partial charge in [-0.15, -0.1) is 0 Å². The smallest absolute Gasteiger partial charge is 0.352 e. The molecule has 0 radical (unpaired) electrons. The second kappa shape index (κ2) is 10.3. The number of aromatic nitrogens is 3. The fraction of sp³-hybridized carbons (Fsp3) is 0.273. The molecule has 1 aliphatic carbocycles. The molecule has 0 bridgehead atoms. The highest BCUT2D eigenvalue weighted by atomic mass is 35.5. The summed E-state index contributed by atoms with van der Waals surface area (Å²) in [5.74, 6) is -3.29. The van der Waals surface area contributed by atoms with Crippen molar-refractivity contribution >= 4 is 29.1 Å². The molecule has 3 aromatic carbocycles. The lowest BCUT2D eigenvalue weighted by Crippen LogP contribution is -2.49. The van der Waals surface area contributed by atoms with E-state index in [1.807, 2.05) is 6.08 Å². The zero-order chi connectivity index (χ0) is 31.8. The molecule has 3 heterocycles. The third-order valence-electron chi connectivity index (χ3n) is 9.33. The van der Waals surface area contributed by atoms with Gasteiger partial charge < -0.3 is 9.84 Å². The zero-order valence-electron chi connectivity index (χ0n) is 24.3. The highest BCUT2D eigenvalue weighted by Gasteiger charge is 2.65. The van der Waals surface area contributed by atoms with E-state index in [1.165, 1.54) is 27.6 Å². The Morgan fingerprint density at radius 2 is 1.76 bits per heavy atom. The number of hydrogen-bond acceptors (Lipinski definition) is 6. The number of fused-ring (bicyclic) bond motifs is 4. The van der Waals surface area contributed by atoms with Gasteiger partial charge in [0.1, 0.15) is 5.82 Å². The normalized spacial score (nSPS) is 23.8. The first-order valence-electron chi connectivity index (χ1n) is 14.6. The number of benzene rings is 3. The second-order valence-corrected chi connectivity index (χ2v) is 12.0. The number of halogens is 2. The molecule has 230 valence electrons. The van der Waals surface area contributed by atoms with Crippen LogP contribution in [-0.4, -0.2) is 37.5 Å². The Labute approximate surface area is 261 Å². The minimum absolute atomic E-state index is 0.0589. The maximum Gasteiger partial charge on any atom is 0.352 e. The molecule has 4 unspecified atom stereocenters. The van der Waals surface area contributed by atoms with E-state index in [9.17, 15) is 28.7 Å². The van der Waals surface area contributed by atoms with E-state index < -0.39 is 52.3 Å². The molecule has 1 aromatic heterocycles. The Morgan fingerprint density at radius 1 is 1.00 bits per heavy atom. The number of amides is 2. The summed E-state index contributed by atoms with van der Waals surface area (Å²) < 4.78 is 23.6. The summed E-state index contributed by atoms with van der Waals surface area (Å²) in [7, 11) is 0. The van der Waals surface area contributed by atoms with Crippen LogP contribution in [0.3, 0.4) is 0 Å². The molecule has 2 amide bonds. The van der Waals surface area contributed by atoms with E-state index in [2.05, 4.69) is 0 Å².